The lowest BCUT2D eigenvalue weighted by Crippen LogP contribution is -2.49. The predicted molar refractivity (Wildman–Crippen MR) is 117 cm³/mol. The van der Waals surface area contributed by atoms with Crippen LogP contribution in [-0.4, -0.2) is 46.4 Å². The van der Waals surface area contributed by atoms with Gasteiger partial charge in [0.15, 0.2) is 5.82 Å². The number of rotatable bonds is 4. The Balaban J connectivity index is 1.33. The van der Waals surface area contributed by atoms with Gasteiger partial charge in [-0.15, -0.1) is 0 Å². The van der Waals surface area contributed by atoms with Gasteiger partial charge in [0, 0.05) is 49.8 Å². The molecule has 2 unspecified atom stereocenters. The lowest BCUT2D eigenvalue weighted by molar-refractivity contribution is 0.216. The molecule has 5 rings (SSSR count). The number of hydrogen-bond acceptors (Lipinski definition) is 5. The van der Waals surface area contributed by atoms with Crippen LogP contribution in [0.1, 0.15) is 18.1 Å². The highest BCUT2D eigenvalue weighted by molar-refractivity contribution is 6.02. The summed E-state index contributed by atoms with van der Waals surface area (Å²) in [7, 11) is 0. The monoisotopic (exact) mass is 402 g/mol. The topological polar surface area (TPSA) is 64.1 Å². The predicted octanol–water partition coefficient (Wildman–Crippen LogP) is 3.16. The van der Waals surface area contributed by atoms with Crippen molar-refractivity contribution in [2.24, 2.45) is 16.8 Å². The van der Waals surface area contributed by atoms with Crippen LogP contribution < -0.4 is 10.2 Å². The van der Waals surface area contributed by atoms with Gasteiger partial charge in [0.2, 0.25) is 0 Å². The van der Waals surface area contributed by atoms with E-state index < -0.39 is 0 Å². The highest BCUT2D eigenvalue weighted by Gasteiger charge is 2.39. The fourth-order valence-electron chi connectivity index (χ4n) is 4.43. The first-order chi connectivity index (χ1) is 14.6. The average molecular weight is 403 g/mol. The van der Waals surface area contributed by atoms with Gasteiger partial charge in [-0.25, -0.2) is 9.79 Å². The smallest absolute Gasteiger partial charge is 0.326 e. The zero-order valence-electron chi connectivity index (χ0n) is 17.3. The van der Waals surface area contributed by atoms with E-state index in [-0.39, 0.29) is 11.9 Å². The molecular formula is C23H26N6O. The van der Waals surface area contributed by atoms with Crippen LogP contribution in [0.25, 0.3) is 0 Å². The fourth-order valence-corrected chi connectivity index (χ4v) is 4.43. The number of carbonyl (C=O) groups excluding carboxylic acids is 1. The number of benzene rings is 1. The number of carbonyl (C=O) groups is 1. The van der Waals surface area contributed by atoms with Crippen LogP contribution in [0, 0.1) is 18.8 Å². The van der Waals surface area contributed by atoms with Gasteiger partial charge in [0.1, 0.15) is 12.5 Å². The van der Waals surface area contributed by atoms with Crippen molar-refractivity contribution >= 4 is 17.6 Å². The van der Waals surface area contributed by atoms with Crippen LogP contribution >= 0.6 is 0 Å². The van der Waals surface area contributed by atoms with Crippen LogP contribution in [0.3, 0.4) is 0 Å². The highest BCUT2D eigenvalue weighted by Crippen LogP contribution is 2.30. The zero-order chi connectivity index (χ0) is 20.7. The maximum absolute atomic E-state index is 12.8. The maximum Gasteiger partial charge on any atom is 0.329 e. The number of nitrogens with zero attached hydrogens (tertiary/aromatic N) is 5. The summed E-state index contributed by atoms with van der Waals surface area (Å²) in [6.45, 7) is 7.51. The van der Waals surface area contributed by atoms with Crippen molar-refractivity contribution in [3.63, 3.8) is 0 Å². The summed E-state index contributed by atoms with van der Waals surface area (Å²) in [6, 6.07) is 12.3. The molecule has 3 aliphatic rings. The number of likely N-dealkylation sites (tertiary alicyclic amines) is 1. The van der Waals surface area contributed by atoms with Crippen LogP contribution in [0.4, 0.5) is 10.5 Å². The minimum atomic E-state index is -0.0984. The molecular weight excluding hydrogens is 376 g/mol. The number of urea groups is 1. The van der Waals surface area contributed by atoms with Crippen molar-refractivity contribution in [2.75, 3.05) is 24.7 Å². The third-order valence-electron chi connectivity index (χ3n) is 6.09. The maximum atomic E-state index is 12.8. The standard InChI is InChI=1S/C23H26N6O/c1-16-5-7-19(8-6-16)28-14-21-25-22(26-23(30)29(21)15-28)20-13-27(11-17(20)2)12-18-4-3-9-24-10-18/h3-10,14,17,20H,11-13,15H2,1-2H3,(H,25,26,30). The normalized spacial score (nSPS) is 23.9. The van der Waals surface area contributed by atoms with Crippen molar-refractivity contribution < 1.29 is 4.79 Å². The largest absolute Gasteiger partial charge is 0.329 e. The summed E-state index contributed by atoms with van der Waals surface area (Å²) in [5.74, 6) is 2.13. The third kappa shape index (κ3) is 3.57. The number of amidine groups is 1. The molecule has 30 heavy (non-hydrogen) atoms. The first-order valence-corrected chi connectivity index (χ1v) is 10.4. The lowest BCUT2D eigenvalue weighted by Gasteiger charge is -2.28. The molecule has 0 radical (unpaired) electrons. The molecule has 1 fully saturated rings. The molecule has 1 aromatic heterocycles. The van der Waals surface area contributed by atoms with Crippen LogP contribution in [-0.2, 0) is 6.54 Å². The summed E-state index contributed by atoms with van der Waals surface area (Å²) in [4.78, 5) is 28.0. The second kappa shape index (κ2) is 7.57. The summed E-state index contributed by atoms with van der Waals surface area (Å²) in [5.41, 5.74) is 3.48. The number of fused-ring (bicyclic) bond motifs is 1. The second-order valence-electron chi connectivity index (χ2n) is 8.43. The molecule has 4 heterocycles. The Morgan fingerprint density at radius 2 is 2.00 bits per heavy atom. The van der Waals surface area contributed by atoms with Gasteiger partial charge in [0.25, 0.3) is 0 Å². The molecule has 1 saturated heterocycles. The molecule has 0 bridgehead atoms. The molecule has 2 atom stereocenters. The number of amides is 2. The molecule has 3 aliphatic heterocycles. The number of aryl methyl sites for hydroxylation is 1. The first-order valence-electron chi connectivity index (χ1n) is 10.4. The number of pyridine rings is 1. The Bertz CT molecular complexity index is 1000. The van der Waals surface area contributed by atoms with Gasteiger partial charge >= 0.3 is 6.03 Å². The van der Waals surface area contributed by atoms with Gasteiger partial charge < -0.3 is 4.90 Å². The van der Waals surface area contributed by atoms with Crippen LogP contribution in [0.15, 0.2) is 65.8 Å². The van der Waals surface area contributed by atoms with Gasteiger partial charge in [0.05, 0.1) is 0 Å². The first kappa shape index (κ1) is 18.8. The number of aliphatic imine (C=N–C) groups is 1. The van der Waals surface area contributed by atoms with Crippen molar-refractivity contribution in [1.82, 2.24) is 20.1 Å². The quantitative estimate of drug-likeness (QED) is 0.853. The highest BCUT2D eigenvalue weighted by atomic mass is 16.2. The van der Waals surface area contributed by atoms with E-state index in [1.807, 2.05) is 18.5 Å². The molecule has 7 heteroatoms. The van der Waals surface area contributed by atoms with E-state index >= 15 is 0 Å². The number of anilines is 1. The minimum absolute atomic E-state index is 0.0984. The van der Waals surface area contributed by atoms with E-state index in [0.29, 0.717) is 18.4 Å². The third-order valence-corrected chi connectivity index (χ3v) is 6.09. The molecule has 2 amide bonds. The Morgan fingerprint density at radius 1 is 1.17 bits per heavy atom. The molecule has 2 aromatic rings. The van der Waals surface area contributed by atoms with Crippen LogP contribution in [0.5, 0.6) is 0 Å². The summed E-state index contributed by atoms with van der Waals surface area (Å²) < 4.78 is 0. The molecule has 0 spiro atoms. The zero-order valence-corrected chi connectivity index (χ0v) is 17.3. The van der Waals surface area contributed by atoms with E-state index in [0.717, 1.165) is 31.2 Å². The van der Waals surface area contributed by atoms with E-state index in [4.69, 9.17) is 4.99 Å². The Morgan fingerprint density at radius 3 is 2.77 bits per heavy atom. The number of hydrogen-bond donors (Lipinski definition) is 1. The van der Waals surface area contributed by atoms with Crippen molar-refractivity contribution in [3.8, 4) is 0 Å². The summed E-state index contributed by atoms with van der Waals surface area (Å²) in [5, 5.41) is 3.06. The van der Waals surface area contributed by atoms with Gasteiger partial charge in [-0.3, -0.25) is 20.1 Å². The number of aromatic nitrogens is 1. The minimum Gasteiger partial charge on any atom is -0.326 e. The molecule has 154 valence electrons. The SMILES string of the molecule is Cc1ccc(N2C=C3N=C(C4CN(Cc5cccnc5)CC4C)NC(=O)N3C2)cc1. The fraction of sp³-hybridized carbons (Fsp3) is 0.348. The summed E-state index contributed by atoms with van der Waals surface area (Å²) >= 11 is 0. The van der Waals surface area contributed by atoms with Crippen molar-refractivity contribution in [2.45, 2.75) is 20.4 Å². The number of nitrogens with one attached hydrogen (secondary N) is 1. The van der Waals surface area contributed by atoms with Crippen molar-refractivity contribution in [3.05, 3.63) is 71.9 Å². The molecule has 7 nitrogen and oxygen atoms in total. The molecule has 1 N–H and O–H groups in total. The van der Waals surface area contributed by atoms with Crippen LogP contribution in [0.2, 0.25) is 0 Å². The van der Waals surface area contributed by atoms with Gasteiger partial charge in [-0.05, 0) is 36.6 Å². The average Bonchev–Trinajstić information content (AvgIpc) is 3.33. The van der Waals surface area contributed by atoms with E-state index in [2.05, 4.69) is 64.3 Å². The van der Waals surface area contributed by atoms with Gasteiger partial charge in [-0.1, -0.05) is 30.7 Å². The Labute approximate surface area is 176 Å². The van der Waals surface area contributed by atoms with E-state index in [1.54, 1.807) is 11.1 Å². The Kier molecular flexibility index (Phi) is 4.75. The van der Waals surface area contributed by atoms with Crippen molar-refractivity contribution in [1.29, 1.82) is 0 Å². The molecule has 0 aliphatic carbocycles. The Hall–Kier alpha value is -3.19. The summed E-state index contributed by atoms with van der Waals surface area (Å²) in [6.07, 6.45) is 5.68. The lowest BCUT2D eigenvalue weighted by atomic mass is 9.96. The van der Waals surface area contributed by atoms with E-state index in [9.17, 15) is 4.79 Å². The second-order valence-corrected chi connectivity index (χ2v) is 8.43. The molecule has 1 aromatic carbocycles. The molecule has 0 saturated carbocycles. The van der Waals surface area contributed by atoms with E-state index in [1.165, 1.54) is 11.1 Å². The van der Waals surface area contributed by atoms with Gasteiger partial charge in [-0.2, -0.15) is 0 Å².